The van der Waals surface area contributed by atoms with Crippen LogP contribution in [0.3, 0.4) is 0 Å². The molecule has 0 saturated carbocycles. The predicted molar refractivity (Wildman–Crippen MR) is 108 cm³/mol. The second kappa shape index (κ2) is 7.92. The molecule has 1 N–H and O–H groups in total. The van der Waals surface area contributed by atoms with Gasteiger partial charge in [-0.3, -0.25) is 4.79 Å². The van der Waals surface area contributed by atoms with Crippen molar-refractivity contribution in [3.63, 3.8) is 0 Å². The molecule has 1 aromatic heterocycles. The van der Waals surface area contributed by atoms with Crippen LogP contribution >= 0.6 is 15.9 Å². The largest absolute Gasteiger partial charge is 0.352 e. The van der Waals surface area contributed by atoms with Crippen molar-refractivity contribution in [1.82, 2.24) is 20.0 Å². The molecule has 6 heteroatoms. The molecule has 1 aliphatic heterocycles. The van der Waals surface area contributed by atoms with E-state index in [1.807, 2.05) is 42.8 Å². The van der Waals surface area contributed by atoms with E-state index in [-0.39, 0.29) is 5.91 Å². The summed E-state index contributed by atoms with van der Waals surface area (Å²) in [5, 5.41) is 7.71. The lowest BCUT2D eigenvalue weighted by molar-refractivity contribution is 0.0946. The van der Waals surface area contributed by atoms with Gasteiger partial charge in [-0.05, 0) is 70.8 Å². The predicted octanol–water partition coefficient (Wildman–Crippen LogP) is 3.71. The van der Waals surface area contributed by atoms with Crippen LogP contribution in [0.2, 0.25) is 0 Å². The zero-order chi connectivity index (χ0) is 18.8. The Kier molecular flexibility index (Phi) is 5.82. The van der Waals surface area contributed by atoms with E-state index in [4.69, 9.17) is 0 Å². The molecule has 1 fully saturated rings. The van der Waals surface area contributed by atoms with Crippen LogP contribution in [0, 0.1) is 19.8 Å². The number of halogens is 1. The van der Waals surface area contributed by atoms with Crippen molar-refractivity contribution in [3.8, 4) is 5.69 Å². The summed E-state index contributed by atoms with van der Waals surface area (Å²) in [5.74, 6) is 0.509. The Bertz CT molecular complexity index is 782. The van der Waals surface area contributed by atoms with Crippen LogP contribution in [0.1, 0.15) is 42.0 Å². The highest BCUT2D eigenvalue weighted by atomic mass is 79.9. The smallest absolute Gasteiger partial charge is 0.255 e. The van der Waals surface area contributed by atoms with Crippen molar-refractivity contribution in [2.75, 3.05) is 19.6 Å². The minimum Gasteiger partial charge on any atom is -0.352 e. The van der Waals surface area contributed by atoms with Crippen molar-refractivity contribution in [2.45, 2.75) is 40.2 Å². The number of rotatable bonds is 5. The molecular formula is C20H27BrN4O. The Balaban J connectivity index is 1.69. The Labute approximate surface area is 163 Å². The summed E-state index contributed by atoms with van der Waals surface area (Å²) in [6.07, 6.45) is 1.15. The van der Waals surface area contributed by atoms with Crippen LogP contribution in [0.5, 0.6) is 0 Å². The van der Waals surface area contributed by atoms with Gasteiger partial charge in [0, 0.05) is 23.6 Å². The van der Waals surface area contributed by atoms with Gasteiger partial charge in [-0.2, -0.15) is 5.10 Å². The van der Waals surface area contributed by atoms with Crippen molar-refractivity contribution >= 4 is 21.8 Å². The summed E-state index contributed by atoms with van der Waals surface area (Å²) in [6, 6.07) is 8.51. The van der Waals surface area contributed by atoms with Gasteiger partial charge in [0.2, 0.25) is 0 Å². The highest BCUT2D eigenvalue weighted by molar-refractivity contribution is 9.10. The molecule has 140 valence electrons. The minimum absolute atomic E-state index is 0.0219. The lowest BCUT2D eigenvalue weighted by atomic mass is 10.1. The van der Waals surface area contributed by atoms with E-state index in [0.717, 1.165) is 47.6 Å². The second-order valence-electron chi connectivity index (χ2n) is 7.39. The highest BCUT2D eigenvalue weighted by Gasteiger charge is 2.25. The number of likely N-dealkylation sites (tertiary alicyclic amines) is 1. The van der Waals surface area contributed by atoms with Gasteiger partial charge in [0.1, 0.15) is 0 Å². The average Bonchev–Trinajstić information content (AvgIpc) is 3.18. The van der Waals surface area contributed by atoms with Gasteiger partial charge in [-0.1, -0.05) is 15.9 Å². The minimum atomic E-state index is -0.0219. The summed E-state index contributed by atoms with van der Waals surface area (Å²) in [4.78, 5) is 15.2. The molecule has 0 bridgehead atoms. The fourth-order valence-electron chi connectivity index (χ4n) is 3.63. The SMILES string of the molecule is Cc1nn(-c2ccc(Br)cc2)c(C)c1C(=O)NCC1CCN(C(C)C)C1. The molecular weight excluding hydrogens is 392 g/mol. The van der Waals surface area contributed by atoms with Crippen molar-refractivity contribution in [3.05, 3.63) is 45.7 Å². The first-order chi connectivity index (χ1) is 12.4. The summed E-state index contributed by atoms with van der Waals surface area (Å²) < 4.78 is 2.86. The van der Waals surface area contributed by atoms with E-state index in [9.17, 15) is 4.79 Å². The summed E-state index contributed by atoms with van der Waals surface area (Å²) >= 11 is 3.45. The van der Waals surface area contributed by atoms with Crippen molar-refractivity contribution in [2.24, 2.45) is 5.92 Å². The number of amides is 1. The summed E-state index contributed by atoms with van der Waals surface area (Å²) in [5.41, 5.74) is 3.28. The molecule has 0 spiro atoms. The zero-order valence-corrected chi connectivity index (χ0v) is 17.5. The molecule has 1 aliphatic rings. The number of nitrogens with zero attached hydrogens (tertiary/aromatic N) is 3. The van der Waals surface area contributed by atoms with Gasteiger partial charge in [-0.15, -0.1) is 0 Å². The third-order valence-corrected chi connectivity index (χ3v) is 5.72. The first kappa shape index (κ1) is 19.1. The molecule has 26 heavy (non-hydrogen) atoms. The number of benzene rings is 1. The van der Waals surface area contributed by atoms with Crippen LogP contribution in [0.15, 0.2) is 28.7 Å². The monoisotopic (exact) mass is 418 g/mol. The number of carbonyl (C=O) groups excluding carboxylic acids is 1. The molecule has 2 aromatic rings. The summed E-state index contributed by atoms with van der Waals surface area (Å²) in [7, 11) is 0. The Hall–Kier alpha value is -1.66. The van der Waals surface area contributed by atoms with E-state index in [1.54, 1.807) is 0 Å². The molecule has 1 atom stereocenters. The zero-order valence-electron chi connectivity index (χ0n) is 15.9. The second-order valence-corrected chi connectivity index (χ2v) is 8.30. The van der Waals surface area contributed by atoms with E-state index in [1.165, 1.54) is 0 Å². The Morgan fingerprint density at radius 3 is 2.62 bits per heavy atom. The Morgan fingerprint density at radius 2 is 2.00 bits per heavy atom. The van der Waals surface area contributed by atoms with Gasteiger partial charge >= 0.3 is 0 Å². The maximum atomic E-state index is 12.8. The van der Waals surface area contributed by atoms with Crippen LogP contribution < -0.4 is 5.32 Å². The maximum absolute atomic E-state index is 12.8. The lowest BCUT2D eigenvalue weighted by Gasteiger charge is -2.20. The van der Waals surface area contributed by atoms with Gasteiger partial charge in [0.15, 0.2) is 0 Å². The number of aromatic nitrogens is 2. The molecule has 0 aliphatic carbocycles. The van der Waals surface area contributed by atoms with Crippen LogP contribution in [0.25, 0.3) is 5.69 Å². The third kappa shape index (κ3) is 4.01. The van der Waals surface area contributed by atoms with E-state index >= 15 is 0 Å². The van der Waals surface area contributed by atoms with Gasteiger partial charge < -0.3 is 10.2 Å². The topological polar surface area (TPSA) is 50.2 Å². The first-order valence-corrected chi connectivity index (χ1v) is 10.0. The number of carbonyl (C=O) groups is 1. The molecule has 0 radical (unpaired) electrons. The van der Waals surface area contributed by atoms with E-state index in [0.29, 0.717) is 17.5 Å². The molecule has 1 aromatic carbocycles. The standard InChI is InChI=1S/C20H27BrN4O/c1-13(2)24-10-9-16(12-24)11-22-20(26)19-14(3)23-25(15(19)4)18-7-5-17(21)6-8-18/h5-8,13,16H,9-12H2,1-4H3,(H,22,26). The molecule has 2 heterocycles. The average molecular weight is 419 g/mol. The third-order valence-electron chi connectivity index (χ3n) is 5.19. The molecule has 1 unspecified atom stereocenters. The molecule has 1 amide bonds. The van der Waals surface area contributed by atoms with Gasteiger partial charge in [0.05, 0.1) is 22.6 Å². The van der Waals surface area contributed by atoms with Crippen LogP contribution in [0.4, 0.5) is 0 Å². The van der Waals surface area contributed by atoms with E-state index < -0.39 is 0 Å². The fraction of sp³-hybridized carbons (Fsp3) is 0.500. The normalized spacial score (nSPS) is 17.8. The lowest BCUT2D eigenvalue weighted by Crippen LogP contribution is -2.33. The van der Waals surface area contributed by atoms with Crippen molar-refractivity contribution < 1.29 is 4.79 Å². The number of aryl methyl sites for hydroxylation is 1. The first-order valence-electron chi connectivity index (χ1n) is 9.21. The van der Waals surface area contributed by atoms with Crippen LogP contribution in [-0.4, -0.2) is 46.3 Å². The number of hydrogen-bond acceptors (Lipinski definition) is 3. The van der Waals surface area contributed by atoms with Crippen molar-refractivity contribution in [1.29, 1.82) is 0 Å². The highest BCUT2D eigenvalue weighted by Crippen LogP contribution is 2.21. The quantitative estimate of drug-likeness (QED) is 0.804. The summed E-state index contributed by atoms with van der Waals surface area (Å²) in [6.45, 7) is 11.2. The fourth-order valence-corrected chi connectivity index (χ4v) is 3.89. The molecule has 3 rings (SSSR count). The number of nitrogens with one attached hydrogen (secondary N) is 1. The van der Waals surface area contributed by atoms with E-state index in [2.05, 4.69) is 45.1 Å². The maximum Gasteiger partial charge on any atom is 0.255 e. The van der Waals surface area contributed by atoms with Gasteiger partial charge in [-0.25, -0.2) is 4.68 Å². The number of hydrogen-bond donors (Lipinski definition) is 1. The van der Waals surface area contributed by atoms with Gasteiger partial charge in [0.25, 0.3) is 5.91 Å². The molecule has 5 nitrogen and oxygen atoms in total. The Morgan fingerprint density at radius 1 is 1.31 bits per heavy atom. The van der Waals surface area contributed by atoms with Crippen LogP contribution in [-0.2, 0) is 0 Å². The molecule has 1 saturated heterocycles.